The van der Waals surface area contributed by atoms with E-state index in [0.29, 0.717) is 24.7 Å². The van der Waals surface area contributed by atoms with Crippen molar-refractivity contribution in [2.24, 2.45) is 0 Å². The van der Waals surface area contributed by atoms with Gasteiger partial charge in [-0.3, -0.25) is 9.00 Å². The van der Waals surface area contributed by atoms with E-state index >= 15 is 0 Å². The Bertz CT molecular complexity index is 628. The minimum Gasteiger partial charge on any atom is -0.351 e. The topological polar surface area (TPSA) is 85.1 Å². The summed E-state index contributed by atoms with van der Waals surface area (Å²) >= 11 is 0. The van der Waals surface area contributed by atoms with Crippen LogP contribution >= 0.6 is 0 Å². The van der Waals surface area contributed by atoms with E-state index in [1.807, 2.05) is 37.3 Å². The Morgan fingerprint density at radius 3 is 2.82 bits per heavy atom. The molecule has 0 spiro atoms. The summed E-state index contributed by atoms with van der Waals surface area (Å²) in [5.74, 6) is 0.747. The van der Waals surface area contributed by atoms with Crippen molar-refractivity contribution in [3.8, 4) is 0 Å². The minimum atomic E-state index is -1.35. The molecule has 0 unspecified atom stereocenters. The third-order valence-corrected chi connectivity index (χ3v) is 4.05. The molecule has 0 radical (unpaired) electrons. The van der Waals surface area contributed by atoms with Crippen molar-refractivity contribution in [2.45, 2.75) is 32.1 Å². The van der Waals surface area contributed by atoms with Gasteiger partial charge in [0.25, 0.3) is 0 Å². The quantitative estimate of drug-likeness (QED) is 0.798. The highest BCUT2D eigenvalue weighted by molar-refractivity contribution is 7.84. The smallest absolute Gasteiger partial charge is 0.232 e. The first-order valence-electron chi connectivity index (χ1n) is 7.14. The number of aromatic nitrogens is 2. The standard InChI is InChI=1S/C15H19N3O3S/c1-2-6-15-17-13(18-21-15)10-22(20)11-14(19)16-9-12-7-4-3-5-8-12/h3-5,7-8H,2,6,9-11H2,1H3,(H,16,19)/t22-/m1/s1. The Balaban J connectivity index is 1.75. The molecule has 1 aromatic heterocycles. The Morgan fingerprint density at radius 1 is 1.32 bits per heavy atom. The van der Waals surface area contributed by atoms with E-state index in [-0.39, 0.29) is 17.4 Å². The number of hydrogen-bond donors (Lipinski definition) is 1. The summed E-state index contributed by atoms with van der Waals surface area (Å²) in [6, 6.07) is 9.57. The van der Waals surface area contributed by atoms with Gasteiger partial charge in [0.15, 0.2) is 5.82 Å². The molecule has 22 heavy (non-hydrogen) atoms. The van der Waals surface area contributed by atoms with E-state index in [4.69, 9.17) is 4.52 Å². The molecule has 1 amide bonds. The highest BCUT2D eigenvalue weighted by Crippen LogP contribution is 2.03. The lowest BCUT2D eigenvalue weighted by atomic mass is 10.2. The minimum absolute atomic E-state index is 0.0650. The van der Waals surface area contributed by atoms with Crippen molar-refractivity contribution in [2.75, 3.05) is 5.75 Å². The number of benzene rings is 1. The van der Waals surface area contributed by atoms with E-state index < -0.39 is 10.8 Å². The first-order valence-corrected chi connectivity index (χ1v) is 8.63. The molecule has 2 rings (SSSR count). The van der Waals surface area contributed by atoms with Crippen molar-refractivity contribution in [1.29, 1.82) is 0 Å². The number of nitrogens with one attached hydrogen (secondary N) is 1. The number of aryl methyl sites for hydroxylation is 1. The van der Waals surface area contributed by atoms with Gasteiger partial charge in [0.05, 0.1) is 5.75 Å². The van der Waals surface area contributed by atoms with Crippen molar-refractivity contribution in [1.82, 2.24) is 15.5 Å². The van der Waals surface area contributed by atoms with Crippen LogP contribution in [0.4, 0.5) is 0 Å². The Kier molecular flexibility index (Phi) is 6.27. The molecule has 7 heteroatoms. The van der Waals surface area contributed by atoms with Gasteiger partial charge >= 0.3 is 0 Å². The van der Waals surface area contributed by atoms with Gasteiger partial charge in [-0.1, -0.05) is 42.4 Å². The summed E-state index contributed by atoms with van der Waals surface area (Å²) in [6.07, 6.45) is 1.61. The number of amides is 1. The van der Waals surface area contributed by atoms with E-state index in [2.05, 4.69) is 15.5 Å². The SMILES string of the molecule is CCCc1nc(C[S@@](=O)CC(=O)NCc2ccccc2)no1. The zero-order valence-electron chi connectivity index (χ0n) is 12.4. The average Bonchev–Trinajstić information content (AvgIpc) is 2.93. The molecule has 0 aliphatic carbocycles. The third kappa shape index (κ3) is 5.40. The molecule has 2 aromatic rings. The van der Waals surface area contributed by atoms with Crippen LogP contribution in [-0.2, 0) is 34.3 Å². The van der Waals surface area contributed by atoms with Crippen molar-refractivity contribution in [3.05, 3.63) is 47.6 Å². The molecule has 6 nitrogen and oxygen atoms in total. The zero-order chi connectivity index (χ0) is 15.8. The molecule has 0 aliphatic heterocycles. The summed E-state index contributed by atoms with van der Waals surface area (Å²) in [7, 11) is -1.35. The maximum absolute atomic E-state index is 11.9. The maximum atomic E-state index is 11.9. The van der Waals surface area contributed by atoms with Crippen LogP contribution < -0.4 is 5.32 Å². The van der Waals surface area contributed by atoms with Crippen LogP contribution in [0.15, 0.2) is 34.9 Å². The first-order chi connectivity index (χ1) is 10.7. The Labute approximate surface area is 131 Å². The lowest BCUT2D eigenvalue weighted by Gasteiger charge is -2.04. The number of nitrogens with zero attached hydrogens (tertiary/aromatic N) is 2. The molecule has 118 valence electrons. The van der Waals surface area contributed by atoms with Crippen molar-refractivity contribution < 1.29 is 13.5 Å². The molecule has 0 bridgehead atoms. The van der Waals surface area contributed by atoms with Crippen LogP contribution in [0.1, 0.15) is 30.6 Å². The monoisotopic (exact) mass is 321 g/mol. The predicted octanol–water partition coefficient (Wildman–Crippen LogP) is 1.59. The van der Waals surface area contributed by atoms with Gasteiger partial charge in [0, 0.05) is 23.8 Å². The molecule has 0 fully saturated rings. The Hall–Kier alpha value is -2.02. The van der Waals surface area contributed by atoms with Crippen LogP contribution in [0.5, 0.6) is 0 Å². The summed E-state index contributed by atoms with van der Waals surface area (Å²) in [4.78, 5) is 15.9. The van der Waals surface area contributed by atoms with Gasteiger partial charge in [0.2, 0.25) is 11.8 Å². The Morgan fingerprint density at radius 2 is 2.09 bits per heavy atom. The van der Waals surface area contributed by atoms with E-state index in [1.54, 1.807) is 0 Å². The van der Waals surface area contributed by atoms with Crippen LogP contribution in [0.25, 0.3) is 0 Å². The van der Waals surface area contributed by atoms with Gasteiger partial charge in [0.1, 0.15) is 5.75 Å². The van der Waals surface area contributed by atoms with Gasteiger partial charge in [-0.2, -0.15) is 4.98 Å². The average molecular weight is 321 g/mol. The second-order valence-electron chi connectivity index (χ2n) is 4.85. The summed E-state index contributed by atoms with van der Waals surface area (Å²) in [5, 5.41) is 6.51. The number of carbonyl (C=O) groups excluding carboxylic acids is 1. The molecule has 1 heterocycles. The molecule has 1 N–H and O–H groups in total. The van der Waals surface area contributed by atoms with Crippen molar-refractivity contribution in [3.63, 3.8) is 0 Å². The fraction of sp³-hybridized carbons (Fsp3) is 0.400. The first kappa shape index (κ1) is 16.4. The summed E-state index contributed by atoms with van der Waals surface area (Å²) in [5.41, 5.74) is 1.00. The van der Waals surface area contributed by atoms with Gasteiger partial charge < -0.3 is 9.84 Å². The van der Waals surface area contributed by atoms with E-state index in [1.165, 1.54) is 0 Å². The van der Waals surface area contributed by atoms with Gasteiger partial charge in [-0.15, -0.1) is 0 Å². The van der Waals surface area contributed by atoms with Crippen LogP contribution in [0, 0.1) is 0 Å². The number of rotatable bonds is 8. The van der Waals surface area contributed by atoms with Crippen molar-refractivity contribution >= 4 is 16.7 Å². The second-order valence-corrected chi connectivity index (χ2v) is 6.30. The lowest BCUT2D eigenvalue weighted by Crippen LogP contribution is -2.28. The normalized spacial score (nSPS) is 12.0. The zero-order valence-corrected chi connectivity index (χ0v) is 13.3. The predicted molar refractivity (Wildman–Crippen MR) is 83.3 cm³/mol. The number of carbonyl (C=O) groups is 1. The van der Waals surface area contributed by atoms with E-state index in [9.17, 15) is 9.00 Å². The second kappa shape index (κ2) is 8.43. The summed E-state index contributed by atoms with van der Waals surface area (Å²) < 4.78 is 17.0. The molecule has 1 aromatic carbocycles. The highest BCUT2D eigenvalue weighted by Gasteiger charge is 2.13. The molecule has 0 aliphatic rings. The largest absolute Gasteiger partial charge is 0.351 e. The van der Waals surface area contributed by atoms with Crippen LogP contribution in [-0.4, -0.2) is 26.0 Å². The highest BCUT2D eigenvalue weighted by atomic mass is 32.2. The summed E-state index contributed by atoms with van der Waals surface area (Å²) in [6.45, 7) is 2.44. The molecule has 1 atom stereocenters. The van der Waals surface area contributed by atoms with Crippen LogP contribution in [0.2, 0.25) is 0 Å². The fourth-order valence-corrected chi connectivity index (χ4v) is 2.75. The van der Waals surface area contributed by atoms with Crippen LogP contribution in [0.3, 0.4) is 0 Å². The third-order valence-electron chi connectivity index (χ3n) is 2.89. The maximum Gasteiger partial charge on any atom is 0.232 e. The molecular formula is C15H19N3O3S. The molecule has 0 saturated carbocycles. The van der Waals surface area contributed by atoms with Gasteiger partial charge in [-0.25, -0.2) is 0 Å². The van der Waals surface area contributed by atoms with Gasteiger partial charge in [-0.05, 0) is 12.0 Å². The fourth-order valence-electron chi connectivity index (χ4n) is 1.85. The molecule has 0 saturated heterocycles. The lowest BCUT2D eigenvalue weighted by molar-refractivity contribution is -0.118. The molecular weight excluding hydrogens is 302 g/mol. The number of hydrogen-bond acceptors (Lipinski definition) is 5. The van der Waals surface area contributed by atoms with E-state index in [0.717, 1.165) is 12.0 Å².